The second-order valence-electron chi connectivity index (χ2n) is 9.99. The van der Waals surface area contributed by atoms with Crippen LogP contribution in [0.5, 0.6) is 0 Å². The van der Waals surface area contributed by atoms with Gasteiger partial charge < -0.3 is 15.3 Å². The van der Waals surface area contributed by atoms with Crippen LogP contribution in [0.25, 0.3) is 0 Å². The number of hydrogen-bond acceptors (Lipinski definition) is 6. The van der Waals surface area contributed by atoms with E-state index in [1.807, 2.05) is 12.1 Å². The number of aromatic nitrogens is 2. The Bertz CT molecular complexity index is 1050. The smallest absolute Gasteiger partial charge is 0.146 e. The van der Waals surface area contributed by atoms with E-state index in [4.69, 9.17) is 21.6 Å². The van der Waals surface area contributed by atoms with Crippen molar-refractivity contribution >= 4 is 33.9 Å². The molecule has 1 aromatic carbocycles. The van der Waals surface area contributed by atoms with Gasteiger partial charge in [0.25, 0.3) is 0 Å². The number of fused-ring (bicyclic) bond motifs is 1. The van der Waals surface area contributed by atoms with Gasteiger partial charge in [0.15, 0.2) is 0 Å². The van der Waals surface area contributed by atoms with Gasteiger partial charge in [0.2, 0.25) is 0 Å². The number of anilines is 2. The van der Waals surface area contributed by atoms with E-state index in [0.29, 0.717) is 5.92 Å². The van der Waals surface area contributed by atoms with E-state index >= 15 is 0 Å². The van der Waals surface area contributed by atoms with Crippen molar-refractivity contribution in [2.45, 2.75) is 72.5 Å². The number of nitrogens with zero attached hydrogens (tertiary/aromatic N) is 3. The van der Waals surface area contributed by atoms with E-state index in [1.54, 1.807) is 0 Å². The van der Waals surface area contributed by atoms with Crippen LogP contribution in [-0.4, -0.2) is 49.3 Å². The number of aliphatic hydroxyl groups excluding tert-OH is 1. The lowest BCUT2D eigenvalue weighted by atomic mass is 9.77. The summed E-state index contributed by atoms with van der Waals surface area (Å²) in [6.45, 7) is 1.98. The molecule has 3 heterocycles. The van der Waals surface area contributed by atoms with Crippen LogP contribution >= 0.6 is 11.6 Å². The Labute approximate surface area is 196 Å². The van der Waals surface area contributed by atoms with Gasteiger partial charge in [-0.2, -0.15) is 0 Å². The number of piperidine rings is 1. The first-order valence-electron chi connectivity index (χ1n) is 11.7. The molecular formula is C24H29ClN4O2S. The maximum Gasteiger partial charge on any atom is 0.146 e. The Balaban J connectivity index is 1.27. The van der Waals surface area contributed by atoms with E-state index in [1.165, 1.54) is 5.69 Å². The summed E-state index contributed by atoms with van der Waals surface area (Å²) in [5.41, 5.74) is 1.85. The number of aliphatic hydroxyl groups is 1. The fraction of sp³-hybridized carbons (Fsp3) is 0.583. The van der Waals surface area contributed by atoms with E-state index in [2.05, 4.69) is 22.3 Å². The molecule has 6 nitrogen and oxygen atoms in total. The zero-order chi connectivity index (χ0) is 21.9. The van der Waals surface area contributed by atoms with Crippen molar-refractivity contribution in [1.29, 1.82) is 0 Å². The largest absolute Gasteiger partial charge is 0.394 e. The molecule has 1 spiro atoms. The summed E-state index contributed by atoms with van der Waals surface area (Å²) in [4.78, 5) is 13.2. The van der Waals surface area contributed by atoms with Crippen LogP contribution in [0.15, 0.2) is 29.2 Å². The van der Waals surface area contributed by atoms with Gasteiger partial charge in [-0.1, -0.05) is 11.6 Å². The molecule has 0 bridgehead atoms. The van der Waals surface area contributed by atoms with Crippen molar-refractivity contribution in [2.75, 3.05) is 29.9 Å². The van der Waals surface area contributed by atoms with Crippen molar-refractivity contribution in [2.24, 2.45) is 0 Å². The maximum atomic E-state index is 13.3. The minimum atomic E-state index is -1.06. The van der Waals surface area contributed by atoms with Crippen LogP contribution in [0.1, 0.15) is 62.4 Å². The van der Waals surface area contributed by atoms with Crippen molar-refractivity contribution in [1.82, 2.24) is 9.97 Å². The summed E-state index contributed by atoms with van der Waals surface area (Å²) >= 11 is 6.04. The minimum Gasteiger partial charge on any atom is -0.394 e. The van der Waals surface area contributed by atoms with E-state index in [9.17, 15) is 9.32 Å². The Morgan fingerprint density at radius 1 is 1.12 bits per heavy atom. The van der Waals surface area contributed by atoms with Crippen molar-refractivity contribution in [3.63, 3.8) is 0 Å². The standard InChI is InChI=1S/C24H29ClN4O2S/c25-17-2-4-18(5-3-17)29-12-6-16(7-13-29)21-26-19-14-24(10-11-24)32(31)20(19)22(27-21)28-23(15-30)8-1-9-23/h2-5,16,30H,1,6-15H2,(H,26,27,28)/t32-/m1/s1. The molecule has 2 aromatic rings. The summed E-state index contributed by atoms with van der Waals surface area (Å²) in [6, 6.07) is 8.04. The van der Waals surface area contributed by atoms with Crippen LogP contribution in [0.4, 0.5) is 11.5 Å². The minimum absolute atomic E-state index is 0.0817. The molecule has 0 unspecified atom stereocenters. The highest BCUT2D eigenvalue weighted by Crippen LogP contribution is 2.54. The summed E-state index contributed by atoms with van der Waals surface area (Å²) in [5.74, 6) is 1.89. The van der Waals surface area contributed by atoms with Gasteiger partial charge in [0.1, 0.15) is 16.5 Å². The fourth-order valence-corrected chi connectivity index (χ4v) is 7.32. The quantitative estimate of drug-likeness (QED) is 0.683. The molecule has 4 aliphatic rings. The summed E-state index contributed by atoms with van der Waals surface area (Å²) in [7, 11) is -1.06. The van der Waals surface area contributed by atoms with Crippen LogP contribution in [-0.2, 0) is 17.2 Å². The van der Waals surface area contributed by atoms with Gasteiger partial charge in [-0.15, -0.1) is 0 Å². The molecule has 8 heteroatoms. The van der Waals surface area contributed by atoms with Crippen LogP contribution in [0.3, 0.4) is 0 Å². The molecule has 2 N–H and O–H groups in total. The molecule has 0 amide bonds. The number of hydrogen-bond donors (Lipinski definition) is 2. The van der Waals surface area contributed by atoms with Gasteiger partial charge in [0, 0.05) is 36.1 Å². The number of rotatable bonds is 5. The molecular weight excluding hydrogens is 444 g/mol. The van der Waals surface area contributed by atoms with E-state index in [0.717, 1.165) is 91.7 Å². The highest BCUT2D eigenvalue weighted by atomic mass is 35.5. The number of halogens is 1. The zero-order valence-electron chi connectivity index (χ0n) is 18.1. The Kier molecular flexibility index (Phi) is 5.01. The Morgan fingerprint density at radius 2 is 1.84 bits per heavy atom. The van der Waals surface area contributed by atoms with Crippen molar-refractivity contribution < 1.29 is 9.32 Å². The van der Waals surface area contributed by atoms with E-state index in [-0.39, 0.29) is 16.9 Å². The monoisotopic (exact) mass is 472 g/mol. The summed E-state index contributed by atoms with van der Waals surface area (Å²) < 4.78 is 13.2. The highest BCUT2D eigenvalue weighted by molar-refractivity contribution is 7.87. The van der Waals surface area contributed by atoms with Gasteiger partial charge in [-0.05, 0) is 69.2 Å². The van der Waals surface area contributed by atoms with Gasteiger partial charge >= 0.3 is 0 Å². The fourth-order valence-electron chi connectivity index (χ4n) is 5.41. The average molecular weight is 473 g/mol. The molecule has 2 saturated carbocycles. The zero-order valence-corrected chi connectivity index (χ0v) is 19.7. The second-order valence-corrected chi connectivity index (χ2v) is 12.2. The van der Waals surface area contributed by atoms with Gasteiger partial charge in [0.05, 0.1) is 33.4 Å². The first-order chi connectivity index (χ1) is 15.5. The molecule has 0 radical (unpaired) electrons. The van der Waals surface area contributed by atoms with Crippen LogP contribution in [0.2, 0.25) is 5.02 Å². The van der Waals surface area contributed by atoms with Gasteiger partial charge in [-0.25, -0.2) is 9.97 Å². The summed E-state index contributed by atoms with van der Waals surface area (Å²) in [5, 5.41) is 14.3. The summed E-state index contributed by atoms with van der Waals surface area (Å²) in [6.07, 6.45) is 7.74. The molecule has 1 atom stereocenters. The number of benzene rings is 1. The molecule has 3 fully saturated rings. The van der Waals surface area contributed by atoms with Gasteiger partial charge in [-0.3, -0.25) is 4.21 Å². The Morgan fingerprint density at radius 3 is 2.44 bits per heavy atom. The third-order valence-electron chi connectivity index (χ3n) is 7.88. The molecule has 32 heavy (non-hydrogen) atoms. The molecule has 2 aliphatic heterocycles. The molecule has 6 rings (SSSR count). The topological polar surface area (TPSA) is 78.4 Å². The Hall–Kier alpha value is -1.70. The van der Waals surface area contributed by atoms with Crippen molar-refractivity contribution in [3.05, 3.63) is 40.8 Å². The predicted octanol–water partition coefficient (Wildman–Crippen LogP) is 4.04. The molecule has 1 aromatic heterocycles. The lowest BCUT2D eigenvalue weighted by Crippen LogP contribution is -2.48. The third-order valence-corrected chi connectivity index (χ3v) is 10.3. The average Bonchev–Trinajstić information content (AvgIpc) is 3.51. The number of nitrogens with one attached hydrogen (secondary N) is 1. The third kappa shape index (κ3) is 3.44. The lowest BCUT2D eigenvalue weighted by molar-refractivity contribution is 0.143. The van der Waals surface area contributed by atoms with E-state index < -0.39 is 10.8 Å². The lowest BCUT2D eigenvalue weighted by Gasteiger charge is -2.41. The van der Waals surface area contributed by atoms with Crippen LogP contribution < -0.4 is 10.2 Å². The molecule has 2 aliphatic carbocycles. The van der Waals surface area contributed by atoms with Crippen molar-refractivity contribution in [3.8, 4) is 0 Å². The normalized spacial score (nSPS) is 25.4. The SMILES string of the molecule is O=[S@@]1c2c(nc(C3CCN(c4ccc(Cl)cc4)CC3)nc2NC2(CO)CCC2)CC12CC2. The molecule has 1 saturated heterocycles. The predicted molar refractivity (Wildman–Crippen MR) is 127 cm³/mol. The first kappa shape index (κ1) is 20.9. The first-order valence-corrected chi connectivity index (χ1v) is 13.3. The highest BCUT2D eigenvalue weighted by Gasteiger charge is 2.56. The van der Waals surface area contributed by atoms with Crippen LogP contribution in [0, 0.1) is 0 Å². The second kappa shape index (κ2) is 7.67. The maximum absolute atomic E-state index is 13.3. The molecule has 170 valence electrons.